The monoisotopic (exact) mass is 460 g/mol. The Bertz CT molecular complexity index is 550. The van der Waals surface area contributed by atoms with Crippen LogP contribution in [0.1, 0.15) is 78.6 Å². The minimum absolute atomic E-state index is 0.0177. The van der Waals surface area contributed by atoms with Crippen molar-refractivity contribution in [1.29, 1.82) is 0 Å². The van der Waals surface area contributed by atoms with Crippen molar-refractivity contribution in [2.24, 2.45) is 11.8 Å². The van der Waals surface area contributed by atoms with Gasteiger partial charge in [0.15, 0.2) is 0 Å². The first kappa shape index (κ1) is 27.7. The molecule has 0 bridgehead atoms. The summed E-state index contributed by atoms with van der Waals surface area (Å²) in [7, 11) is 6.86. The zero-order valence-electron chi connectivity index (χ0n) is 19.4. The Kier molecular flexibility index (Phi) is 13.5. The van der Waals surface area contributed by atoms with Crippen molar-refractivity contribution in [2.75, 3.05) is 26.6 Å². The van der Waals surface area contributed by atoms with E-state index in [1.54, 1.807) is 42.7 Å². The van der Waals surface area contributed by atoms with E-state index < -0.39 is 0 Å². The van der Waals surface area contributed by atoms with Gasteiger partial charge in [-0.1, -0.05) is 21.6 Å². The smallest absolute Gasteiger partial charge is 0.136 e. The van der Waals surface area contributed by atoms with Crippen LogP contribution in [0.25, 0.3) is 0 Å². The van der Waals surface area contributed by atoms with E-state index >= 15 is 0 Å². The Labute approximate surface area is 190 Å². The van der Waals surface area contributed by atoms with Gasteiger partial charge in [0.2, 0.25) is 0 Å². The quantitative estimate of drug-likeness (QED) is 0.216. The zero-order valence-corrected chi connectivity index (χ0v) is 21.0. The molecule has 1 aliphatic rings. The van der Waals surface area contributed by atoms with Crippen LogP contribution in [0.4, 0.5) is 0 Å². The molecule has 3 atom stereocenters. The van der Waals surface area contributed by atoms with Crippen LogP contribution in [-0.4, -0.2) is 54.8 Å². The molecular weight excluding hydrogens is 420 g/mol. The summed E-state index contributed by atoms with van der Waals surface area (Å²) >= 11 is 0. The molecule has 1 fully saturated rings. The number of methoxy groups -OCH3 is 2. The first-order valence-corrected chi connectivity index (χ1v) is 13.4. The normalized spacial score (nSPS) is 21.7. The first-order valence-electron chi connectivity index (χ1n) is 11.0. The van der Waals surface area contributed by atoms with Crippen LogP contribution in [0, 0.1) is 11.8 Å². The van der Waals surface area contributed by atoms with Crippen molar-refractivity contribution in [1.82, 2.24) is 0 Å². The van der Waals surface area contributed by atoms with E-state index in [-0.39, 0.29) is 34.3 Å². The molecule has 174 valence electrons. The molecule has 1 unspecified atom stereocenters. The maximum atomic E-state index is 12.6. The number of ketones is 3. The fraction of sp³-hybridized carbons (Fsp3) is 0.870. The summed E-state index contributed by atoms with van der Waals surface area (Å²) < 4.78 is 10.7. The largest absolute Gasteiger partial charge is 0.384 e. The molecule has 30 heavy (non-hydrogen) atoms. The highest BCUT2D eigenvalue weighted by atomic mass is 33.1. The van der Waals surface area contributed by atoms with Gasteiger partial charge in [0.25, 0.3) is 0 Å². The van der Waals surface area contributed by atoms with Gasteiger partial charge in [-0.05, 0) is 58.8 Å². The molecule has 0 saturated heterocycles. The number of carbonyl (C=O) groups excluding carboxylic acids is 3. The van der Waals surface area contributed by atoms with Gasteiger partial charge < -0.3 is 9.47 Å². The van der Waals surface area contributed by atoms with Crippen molar-refractivity contribution < 1.29 is 23.9 Å². The second kappa shape index (κ2) is 14.6. The van der Waals surface area contributed by atoms with Crippen LogP contribution < -0.4 is 0 Å². The van der Waals surface area contributed by atoms with E-state index in [0.717, 1.165) is 37.9 Å². The minimum Gasteiger partial charge on any atom is -0.384 e. The van der Waals surface area contributed by atoms with Gasteiger partial charge in [0.05, 0.1) is 6.10 Å². The summed E-state index contributed by atoms with van der Waals surface area (Å²) in [5, 5.41) is 0. The van der Waals surface area contributed by atoms with E-state index in [2.05, 4.69) is 13.8 Å². The maximum absolute atomic E-state index is 12.6. The lowest BCUT2D eigenvalue weighted by molar-refractivity contribution is -0.125. The van der Waals surface area contributed by atoms with Crippen molar-refractivity contribution in [2.45, 2.75) is 89.4 Å². The molecule has 0 aliphatic heterocycles. The lowest BCUT2D eigenvalue weighted by Crippen LogP contribution is -2.22. The van der Waals surface area contributed by atoms with Crippen molar-refractivity contribution >= 4 is 38.9 Å². The third-order valence-electron chi connectivity index (χ3n) is 5.74. The molecule has 0 N–H and O–H groups in total. The van der Waals surface area contributed by atoms with Crippen LogP contribution in [0.3, 0.4) is 0 Å². The molecule has 0 amide bonds. The van der Waals surface area contributed by atoms with E-state index in [1.165, 1.54) is 0 Å². The Hall–Kier alpha value is -0.370. The molecule has 0 aromatic rings. The molecule has 0 radical (unpaired) electrons. The van der Waals surface area contributed by atoms with Gasteiger partial charge in [0.1, 0.15) is 17.3 Å². The highest BCUT2D eigenvalue weighted by molar-refractivity contribution is 8.77. The van der Waals surface area contributed by atoms with Gasteiger partial charge in [-0.3, -0.25) is 14.4 Å². The molecule has 1 aliphatic carbocycles. The number of carbonyl (C=O) groups is 3. The average Bonchev–Trinajstić information content (AvgIpc) is 3.10. The number of rotatable bonds is 17. The van der Waals surface area contributed by atoms with Gasteiger partial charge >= 0.3 is 0 Å². The summed E-state index contributed by atoms with van der Waals surface area (Å²) in [5.41, 5.74) is 0. The lowest BCUT2D eigenvalue weighted by atomic mass is 9.89. The standard InChI is InChI=1S/C23H40O5S2/c1-17(24)11-13-29-30-23(2,3)12-10-19(25)8-6-7-9-22(26)21-15-20(28-5)14-18(21)16-27-4/h18,20-21H,6-16H2,1-5H3/t18-,20+,21?/m1/s1. The molecule has 1 saturated carbocycles. The summed E-state index contributed by atoms with van der Waals surface area (Å²) in [4.78, 5) is 35.9. The van der Waals surface area contributed by atoms with Gasteiger partial charge in [-0.15, -0.1) is 0 Å². The zero-order chi connectivity index (χ0) is 22.6. The highest BCUT2D eigenvalue weighted by Crippen LogP contribution is 2.39. The molecule has 7 heteroatoms. The predicted octanol–water partition coefficient (Wildman–Crippen LogP) is 5.29. The average molecular weight is 461 g/mol. The predicted molar refractivity (Wildman–Crippen MR) is 126 cm³/mol. The summed E-state index contributed by atoms with van der Waals surface area (Å²) in [6, 6.07) is 0. The number of hydrogen-bond donors (Lipinski definition) is 0. The topological polar surface area (TPSA) is 69.7 Å². The van der Waals surface area contributed by atoms with Crippen LogP contribution in [0.2, 0.25) is 0 Å². The number of hydrogen-bond acceptors (Lipinski definition) is 7. The summed E-state index contributed by atoms with van der Waals surface area (Å²) in [6.45, 7) is 6.52. The van der Waals surface area contributed by atoms with Gasteiger partial charge in [-0.25, -0.2) is 0 Å². The van der Waals surface area contributed by atoms with Crippen molar-refractivity contribution in [3.05, 3.63) is 0 Å². The summed E-state index contributed by atoms with van der Waals surface area (Å²) in [5.74, 6) is 1.90. The van der Waals surface area contributed by atoms with E-state index in [4.69, 9.17) is 9.47 Å². The Morgan fingerprint density at radius 2 is 1.70 bits per heavy atom. The first-order chi connectivity index (χ1) is 14.2. The molecule has 1 rings (SSSR count). The number of unbranched alkanes of at least 4 members (excludes halogenated alkanes) is 1. The maximum Gasteiger partial charge on any atom is 0.136 e. The van der Waals surface area contributed by atoms with Crippen molar-refractivity contribution in [3.63, 3.8) is 0 Å². The van der Waals surface area contributed by atoms with Gasteiger partial charge in [0, 0.05) is 62.9 Å². The van der Waals surface area contributed by atoms with E-state index in [0.29, 0.717) is 38.1 Å². The molecule has 5 nitrogen and oxygen atoms in total. The fourth-order valence-corrected chi connectivity index (χ4v) is 6.53. The third-order valence-corrected chi connectivity index (χ3v) is 9.09. The molecular formula is C23H40O5S2. The Morgan fingerprint density at radius 3 is 2.33 bits per heavy atom. The summed E-state index contributed by atoms with van der Waals surface area (Å²) in [6.07, 6.45) is 6.50. The molecule has 0 spiro atoms. The third kappa shape index (κ3) is 11.3. The highest BCUT2D eigenvalue weighted by Gasteiger charge is 2.38. The molecule has 0 heterocycles. The minimum atomic E-state index is 0.0177. The van der Waals surface area contributed by atoms with Crippen LogP contribution in [0.15, 0.2) is 0 Å². The molecule has 0 aromatic carbocycles. The molecule has 0 aromatic heterocycles. The number of Topliss-reactive ketones (excluding diaryl/α,β-unsaturated/α-hetero) is 3. The van der Waals surface area contributed by atoms with E-state index in [9.17, 15) is 14.4 Å². The lowest BCUT2D eigenvalue weighted by Gasteiger charge is -2.22. The Morgan fingerprint density at radius 1 is 1.00 bits per heavy atom. The Balaban J connectivity index is 2.21. The SMILES string of the molecule is COC[C@H]1C[C@H](OC)CC1C(=O)CCCCC(=O)CCC(C)(C)SSCCC(C)=O. The van der Waals surface area contributed by atoms with Gasteiger partial charge in [-0.2, -0.15) is 0 Å². The van der Waals surface area contributed by atoms with Crippen LogP contribution >= 0.6 is 21.6 Å². The van der Waals surface area contributed by atoms with Crippen LogP contribution in [0.5, 0.6) is 0 Å². The van der Waals surface area contributed by atoms with Crippen molar-refractivity contribution in [3.8, 4) is 0 Å². The fourth-order valence-electron chi connectivity index (χ4n) is 3.86. The van der Waals surface area contributed by atoms with Crippen LogP contribution in [-0.2, 0) is 23.9 Å². The second-order valence-electron chi connectivity index (χ2n) is 8.98. The second-order valence-corrected chi connectivity index (χ2v) is 12.1. The number of ether oxygens (including phenoxy) is 2. The van der Waals surface area contributed by atoms with E-state index in [1.807, 2.05) is 0 Å².